The average molecular weight is 516 g/mol. The zero-order valence-electron chi connectivity index (χ0n) is 20.4. The molecule has 0 amide bonds. The largest absolute Gasteiger partial charge is 0.390 e. The van der Waals surface area contributed by atoms with Gasteiger partial charge in [-0.2, -0.15) is 0 Å². The molecule has 1 aromatic rings. The molecule has 4 aliphatic carbocycles. The molecule has 6 nitrogen and oxygen atoms in total. The van der Waals surface area contributed by atoms with Crippen LogP contribution in [0.25, 0.3) is 0 Å². The molecule has 1 saturated heterocycles. The fourth-order valence-electron chi connectivity index (χ4n) is 8.66. The van der Waals surface area contributed by atoms with Crippen molar-refractivity contribution in [2.45, 2.75) is 56.9 Å². The van der Waals surface area contributed by atoms with E-state index in [1.807, 2.05) is 13.0 Å². The number of aliphatic hydroxyl groups excluding tert-OH is 2. The zero-order chi connectivity index (χ0) is 25.7. The molecule has 0 aromatic heterocycles. The van der Waals surface area contributed by atoms with Crippen molar-refractivity contribution in [2.75, 3.05) is 18.2 Å². The van der Waals surface area contributed by atoms with Crippen molar-refractivity contribution in [2.24, 2.45) is 28.6 Å². The first-order valence-corrected chi connectivity index (χ1v) is 13.1. The van der Waals surface area contributed by atoms with Gasteiger partial charge in [0.25, 0.3) is 0 Å². The summed E-state index contributed by atoms with van der Waals surface area (Å²) in [7, 11) is 0. The van der Waals surface area contributed by atoms with Crippen LogP contribution in [-0.4, -0.2) is 52.3 Å². The lowest BCUT2D eigenvalue weighted by Gasteiger charge is -2.62. The number of allylic oxidation sites excluding steroid dienone is 4. The number of hydroxylamine groups is 1. The SMILES string of the molecule is C[C@]12C=CC(=O)C=C1CC[C@H]1[C@@H]3C[C@H]4CN(c5cccc(Cl)c5)O[C@@]4(C(=O)CO)[C@@]3(C)C[C@H](O)[C@@]12F. The van der Waals surface area contributed by atoms with Gasteiger partial charge in [-0.25, -0.2) is 4.39 Å². The third-order valence-electron chi connectivity index (χ3n) is 10.3. The van der Waals surface area contributed by atoms with E-state index in [-0.39, 0.29) is 24.0 Å². The summed E-state index contributed by atoms with van der Waals surface area (Å²) in [6.07, 6.45) is 4.77. The van der Waals surface area contributed by atoms with E-state index in [0.717, 1.165) is 5.57 Å². The van der Waals surface area contributed by atoms with Crippen LogP contribution in [0.5, 0.6) is 0 Å². The van der Waals surface area contributed by atoms with E-state index >= 15 is 4.39 Å². The van der Waals surface area contributed by atoms with Gasteiger partial charge in [-0.15, -0.1) is 0 Å². The van der Waals surface area contributed by atoms with Crippen LogP contribution < -0.4 is 5.06 Å². The number of aliphatic hydroxyl groups is 2. The number of benzene rings is 1. The van der Waals surface area contributed by atoms with Gasteiger partial charge >= 0.3 is 0 Å². The van der Waals surface area contributed by atoms with E-state index in [2.05, 4.69) is 0 Å². The van der Waals surface area contributed by atoms with Gasteiger partial charge in [-0.3, -0.25) is 19.5 Å². The summed E-state index contributed by atoms with van der Waals surface area (Å²) >= 11 is 6.20. The number of fused-ring (bicyclic) bond motifs is 7. The lowest BCUT2D eigenvalue weighted by molar-refractivity contribution is -0.223. The minimum atomic E-state index is -1.98. The molecule has 0 bridgehead atoms. The molecule has 8 heteroatoms. The van der Waals surface area contributed by atoms with Crippen LogP contribution in [0.1, 0.15) is 39.5 Å². The summed E-state index contributed by atoms with van der Waals surface area (Å²) in [5, 5.41) is 23.8. The van der Waals surface area contributed by atoms with E-state index in [1.165, 1.54) is 12.2 Å². The third-order valence-corrected chi connectivity index (χ3v) is 10.5. The highest BCUT2D eigenvalue weighted by Gasteiger charge is 2.78. The van der Waals surface area contributed by atoms with Gasteiger partial charge in [0, 0.05) is 27.7 Å². The minimum absolute atomic E-state index is 0.0148. The second kappa shape index (κ2) is 7.73. The molecule has 36 heavy (non-hydrogen) atoms. The normalized spacial score (nSPS) is 45.0. The van der Waals surface area contributed by atoms with E-state index in [1.54, 1.807) is 36.3 Å². The van der Waals surface area contributed by atoms with Crippen molar-refractivity contribution >= 4 is 28.9 Å². The summed E-state index contributed by atoms with van der Waals surface area (Å²) in [6.45, 7) is 3.40. The highest BCUT2D eigenvalue weighted by atomic mass is 35.5. The van der Waals surface area contributed by atoms with Crippen LogP contribution in [0.4, 0.5) is 10.1 Å². The molecule has 3 saturated carbocycles. The molecule has 192 valence electrons. The van der Waals surface area contributed by atoms with Gasteiger partial charge in [0.2, 0.25) is 0 Å². The number of Topliss-reactive ketones (excluding diaryl/α,β-unsaturated/α-hetero) is 1. The molecule has 8 atom stereocenters. The maximum atomic E-state index is 17.4. The first kappa shape index (κ1) is 24.3. The monoisotopic (exact) mass is 515 g/mol. The Kier molecular flexibility index (Phi) is 5.21. The van der Waals surface area contributed by atoms with Crippen molar-refractivity contribution in [3.8, 4) is 0 Å². The Morgan fingerprint density at radius 2 is 2.08 bits per heavy atom. The van der Waals surface area contributed by atoms with E-state index in [0.29, 0.717) is 36.5 Å². The van der Waals surface area contributed by atoms with Crippen molar-refractivity contribution in [1.82, 2.24) is 0 Å². The predicted molar refractivity (Wildman–Crippen MR) is 132 cm³/mol. The molecule has 0 radical (unpaired) electrons. The number of nitrogens with zero attached hydrogens (tertiary/aromatic N) is 1. The molecule has 5 aliphatic rings. The Morgan fingerprint density at radius 1 is 1.31 bits per heavy atom. The highest BCUT2D eigenvalue weighted by Crippen LogP contribution is 2.72. The molecular weight excluding hydrogens is 485 g/mol. The van der Waals surface area contributed by atoms with Gasteiger partial charge in [0.1, 0.15) is 6.61 Å². The first-order valence-electron chi connectivity index (χ1n) is 12.7. The minimum Gasteiger partial charge on any atom is -0.390 e. The molecule has 4 fully saturated rings. The molecular formula is C28H31ClFNO5. The number of halogens is 2. The van der Waals surface area contributed by atoms with Crippen molar-refractivity contribution in [3.05, 3.63) is 53.1 Å². The summed E-state index contributed by atoms with van der Waals surface area (Å²) in [6, 6.07) is 7.16. The summed E-state index contributed by atoms with van der Waals surface area (Å²) < 4.78 is 17.4. The number of carbonyl (C=O) groups excluding carboxylic acids is 2. The van der Waals surface area contributed by atoms with Crippen LogP contribution in [0.15, 0.2) is 48.1 Å². The predicted octanol–water partition coefficient (Wildman–Crippen LogP) is 3.99. The standard InChI is InChI=1S/C28H31ClFNO5/c1-25-9-8-20(33)10-16(25)6-7-21-22-11-17-14-31(19-5-3-4-18(29)12-19)36-28(17,24(35)15-32)26(22,2)13-23(34)27(21,25)30/h3-5,8-10,12,17,21-23,32,34H,6-7,11,13-15H2,1-2H3/t17-,21-,22-,23-,25-,26-,27-,28-/m0/s1. The molecule has 0 spiro atoms. The summed E-state index contributed by atoms with van der Waals surface area (Å²) in [5.41, 5.74) is -3.92. The van der Waals surface area contributed by atoms with Crippen LogP contribution >= 0.6 is 11.6 Å². The average Bonchev–Trinajstić information content (AvgIpc) is 3.34. The molecule has 2 N–H and O–H groups in total. The Morgan fingerprint density at radius 3 is 2.81 bits per heavy atom. The maximum Gasteiger partial charge on any atom is 0.193 e. The smallest absolute Gasteiger partial charge is 0.193 e. The molecule has 1 heterocycles. The molecule has 6 rings (SSSR count). The van der Waals surface area contributed by atoms with Crippen molar-refractivity contribution in [3.63, 3.8) is 0 Å². The number of anilines is 1. The summed E-state index contributed by atoms with van der Waals surface area (Å²) in [4.78, 5) is 32.1. The second-order valence-corrected chi connectivity index (χ2v) is 12.1. The third kappa shape index (κ3) is 2.78. The quantitative estimate of drug-likeness (QED) is 0.633. The number of ketones is 2. The molecule has 1 aromatic carbocycles. The number of rotatable bonds is 3. The highest BCUT2D eigenvalue weighted by molar-refractivity contribution is 6.30. The number of alkyl halides is 1. The fourth-order valence-corrected chi connectivity index (χ4v) is 8.84. The lowest BCUT2D eigenvalue weighted by atomic mass is 9.44. The van der Waals surface area contributed by atoms with Crippen molar-refractivity contribution < 1.29 is 29.0 Å². The molecule has 1 aliphatic heterocycles. The van der Waals surface area contributed by atoms with Crippen LogP contribution in [0.2, 0.25) is 5.02 Å². The Hall–Kier alpha value is -2.06. The van der Waals surface area contributed by atoms with Gasteiger partial charge < -0.3 is 10.2 Å². The number of hydrogen-bond donors (Lipinski definition) is 2. The zero-order valence-corrected chi connectivity index (χ0v) is 21.2. The van der Waals surface area contributed by atoms with E-state index in [4.69, 9.17) is 16.4 Å². The van der Waals surface area contributed by atoms with Gasteiger partial charge in [-0.1, -0.05) is 36.2 Å². The van der Waals surface area contributed by atoms with Crippen molar-refractivity contribution in [1.29, 1.82) is 0 Å². The topological polar surface area (TPSA) is 87.1 Å². The van der Waals surface area contributed by atoms with Gasteiger partial charge in [0.15, 0.2) is 22.8 Å². The fraction of sp³-hybridized carbons (Fsp3) is 0.571. The first-order chi connectivity index (χ1) is 17.0. The second-order valence-electron chi connectivity index (χ2n) is 11.6. The number of carbonyl (C=O) groups is 2. The van der Waals surface area contributed by atoms with E-state index in [9.17, 15) is 19.8 Å². The van der Waals surface area contributed by atoms with Crippen LogP contribution in [-0.2, 0) is 14.4 Å². The lowest BCUT2D eigenvalue weighted by Crippen LogP contribution is -2.69. The van der Waals surface area contributed by atoms with E-state index < -0.39 is 46.5 Å². The summed E-state index contributed by atoms with van der Waals surface area (Å²) in [5.74, 6) is -1.64. The number of hydrogen-bond acceptors (Lipinski definition) is 6. The Labute approximate surface area is 214 Å². The Balaban J connectivity index is 1.43. The van der Waals surface area contributed by atoms with Gasteiger partial charge in [0.05, 0.1) is 18.3 Å². The Bertz CT molecular complexity index is 1220. The van der Waals surface area contributed by atoms with Crippen LogP contribution in [0, 0.1) is 28.6 Å². The molecule has 0 unspecified atom stereocenters. The van der Waals surface area contributed by atoms with Crippen LogP contribution in [0.3, 0.4) is 0 Å². The van der Waals surface area contributed by atoms with Gasteiger partial charge in [-0.05, 0) is 68.9 Å². The maximum absolute atomic E-state index is 17.4.